The van der Waals surface area contributed by atoms with Gasteiger partial charge in [0.1, 0.15) is 24.7 Å². The van der Waals surface area contributed by atoms with E-state index in [1.165, 1.54) is 48.5 Å². The molecule has 0 aromatic heterocycles. The van der Waals surface area contributed by atoms with E-state index in [0.29, 0.717) is 35.4 Å². The van der Waals surface area contributed by atoms with Gasteiger partial charge in [0.25, 0.3) is 11.4 Å². The molecule has 0 saturated carbocycles. The van der Waals surface area contributed by atoms with Crippen LogP contribution in [0.4, 0.5) is 37.7 Å². The van der Waals surface area contributed by atoms with E-state index < -0.39 is 38.7 Å². The minimum absolute atomic E-state index is 0.0570. The van der Waals surface area contributed by atoms with E-state index in [1.807, 2.05) is 0 Å². The van der Waals surface area contributed by atoms with Gasteiger partial charge in [-0.3, -0.25) is 20.2 Å². The number of hydrogen-bond acceptors (Lipinski definition) is 6. The summed E-state index contributed by atoms with van der Waals surface area (Å²) in [6.45, 7) is -0.439. The summed E-state index contributed by atoms with van der Waals surface area (Å²) >= 11 is 0. The molecule has 0 radical (unpaired) electrons. The fraction of sp³-hybridized carbons (Fsp3) is 0.172. The highest BCUT2D eigenvalue weighted by Crippen LogP contribution is 2.56. The van der Waals surface area contributed by atoms with Gasteiger partial charge in [-0.25, -0.2) is 0 Å². The number of benzene rings is 4. The second kappa shape index (κ2) is 12.0. The lowest BCUT2D eigenvalue weighted by Crippen LogP contribution is -2.54. The van der Waals surface area contributed by atoms with Gasteiger partial charge in [0.05, 0.1) is 9.85 Å². The molecule has 0 aliphatic rings. The van der Waals surface area contributed by atoms with Crippen molar-refractivity contribution in [1.29, 1.82) is 0 Å². The predicted molar refractivity (Wildman–Crippen MR) is 141 cm³/mol. The van der Waals surface area contributed by atoms with Crippen LogP contribution in [-0.4, -0.2) is 22.2 Å². The predicted octanol–water partition coefficient (Wildman–Crippen LogP) is 8.07. The molecule has 0 amide bonds. The average molecular weight is 606 g/mol. The van der Waals surface area contributed by atoms with Gasteiger partial charge in [0.2, 0.25) is 5.41 Å². The van der Waals surface area contributed by atoms with Crippen LogP contribution in [0, 0.1) is 20.2 Å². The fourth-order valence-corrected chi connectivity index (χ4v) is 4.44. The number of ether oxygens (including phenoxy) is 2. The molecule has 0 unspecified atom stereocenters. The monoisotopic (exact) mass is 606 g/mol. The minimum atomic E-state index is -5.82. The summed E-state index contributed by atoms with van der Waals surface area (Å²) in [5.41, 5.74) is -6.32. The molecule has 0 atom stereocenters. The molecule has 0 bridgehead atoms. The summed E-state index contributed by atoms with van der Waals surface area (Å²) in [6, 6.07) is 17.3. The van der Waals surface area contributed by atoms with E-state index in [4.69, 9.17) is 9.47 Å². The smallest absolute Gasteiger partial charge is 0.411 e. The second-order valence-electron chi connectivity index (χ2n) is 9.23. The first-order valence-corrected chi connectivity index (χ1v) is 12.3. The highest BCUT2D eigenvalue weighted by molar-refractivity contribution is 5.47. The third-order valence-electron chi connectivity index (χ3n) is 6.48. The van der Waals surface area contributed by atoms with Gasteiger partial charge in [-0.15, -0.1) is 0 Å². The Hall–Kier alpha value is -5.14. The molecule has 43 heavy (non-hydrogen) atoms. The molecule has 4 rings (SSSR count). The Morgan fingerprint density at radius 1 is 0.558 bits per heavy atom. The standard InChI is InChI=1S/C29H20F6N2O6/c30-28(31,32)27(29(33,34)35,21-7-11-25(12-8-21)42-17-19-3-1-5-23(15-19)36(38)39)22-9-13-26(14-10-22)43-18-20-4-2-6-24(16-20)37(40)41/h1-16H,17-18H2. The second-order valence-corrected chi connectivity index (χ2v) is 9.23. The van der Waals surface area contributed by atoms with Gasteiger partial charge in [-0.2, -0.15) is 26.3 Å². The summed E-state index contributed by atoms with van der Waals surface area (Å²) in [4.78, 5) is 20.6. The van der Waals surface area contributed by atoms with Crippen LogP contribution in [0.1, 0.15) is 22.3 Å². The van der Waals surface area contributed by atoms with Crippen molar-refractivity contribution in [2.45, 2.75) is 31.0 Å². The Morgan fingerprint density at radius 2 is 0.907 bits per heavy atom. The molecule has 0 aliphatic carbocycles. The molecule has 0 heterocycles. The lowest BCUT2D eigenvalue weighted by molar-refractivity contribution is -0.385. The van der Waals surface area contributed by atoms with Crippen LogP contribution in [0.25, 0.3) is 0 Å². The fourth-order valence-electron chi connectivity index (χ4n) is 4.44. The van der Waals surface area contributed by atoms with Crippen LogP contribution in [0.3, 0.4) is 0 Å². The number of non-ortho nitro benzene ring substituents is 2. The average Bonchev–Trinajstić information content (AvgIpc) is 2.95. The molecule has 0 fully saturated rings. The summed E-state index contributed by atoms with van der Waals surface area (Å²) in [7, 11) is 0. The van der Waals surface area contributed by atoms with E-state index in [2.05, 4.69) is 0 Å². The van der Waals surface area contributed by atoms with Crippen molar-refractivity contribution in [2.75, 3.05) is 0 Å². The zero-order valence-electron chi connectivity index (χ0n) is 21.8. The third-order valence-corrected chi connectivity index (χ3v) is 6.48. The Bertz CT molecular complexity index is 1480. The molecule has 0 N–H and O–H groups in total. The van der Waals surface area contributed by atoms with Gasteiger partial charge in [0, 0.05) is 24.3 Å². The van der Waals surface area contributed by atoms with E-state index in [9.17, 15) is 46.6 Å². The molecule has 4 aromatic rings. The number of nitro groups is 2. The van der Waals surface area contributed by atoms with Gasteiger partial charge in [-0.05, 0) is 46.5 Å². The molecule has 4 aromatic carbocycles. The largest absolute Gasteiger partial charge is 0.489 e. The summed E-state index contributed by atoms with van der Waals surface area (Å²) in [5.74, 6) is -0.114. The van der Waals surface area contributed by atoms with E-state index in [1.54, 1.807) is 0 Å². The van der Waals surface area contributed by atoms with Crippen molar-refractivity contribution in [2.24, 2.45) is 0 Å². The first kappa shape index (κ1) is 30.8. The van der Waals surface area contributed by atoms with Crippen LogP contribution < -0.4 is 9.47 Å². The van der Waals surface area contributed by atoms with Gasteiger partial charge in [-0.1, -0.05) is 48.5 Å². The highest BCUT2D eigenvalue weighted by atomic mass is 19.4. The van der Waals surface area contributed by atoms with Gasteiger partial charge in [0.15, 0.2) is 0 Å². The lowest BCUT2D eigenvalue weighted by Gasteiger charge is -2.38. The van der Waals surface area contributed by atoms with Gasteiger partial charge < -0.3 is 9.47 Å². The molecule has 224 valence electrons. The van der Waals surface area contributed by atoms with Gasteiger partial charge >= 0.3 is 12.4 Å². The molecule has 0 spiro atoms. The van der Waals surface area contributed by atoms with Crippen molar-refractivity contribution >= 4 is 11.4 Å². The molecule has 8 nitrogen and oxygen atoms in total. The summed E-state index contributed by atoms with van der Waals surface area (Å²) < 4.78 is 97.8. The van der Waals surface area contributed by atoms with Crippen LogP contribution >= 0.6 is 0 Å². The number of halogens is 6. The third kappa shape index (κ3) is 6.52. The van der Waals surface area contributed by atoms with Crippen molar-refractivity contribution < 1.29 is 45.7 Å². The maximum absolute atomic E-state index is 14.5. The Morgan fingerprint density at radius 3 is 1.21 bits per heavy atom. The van der Waals surface area contributed by atoms with Crippen LogP contribution in [0.5, 0.6) is 11.5 Å². The van der Waals surface area contributed by atoms with Crippen LogP contribution in [0.2, 0.25) is 0 Å². The Kier molecular flexibility index (Phi) is 8.60. The normalized spacial score (nSPS) is 12.0. The Labute approximate surface area is 239 Å². The molecule has 0 saturated heterocycles. The molecule has 0 aliphatic heterocycles. The van der Waals surface area contributed by atoms with E-state index in [-0.39, 0.29) is 36.1 Å². The topological polar surface area (TPSA) is 105 Å². The first-order valence-electron chi connectivity index (χ1n) is 12.3. The maximum Gasteiger partial charge on any atom is 0.411 e. The quantitative estimate of drug-likeness (QED) is 0.103. The number of rotatable bonds is 10. The number of alkyl halides is 6. The lowest BCUT2D eigenvalue weighted by atomic mass is 9.73. The van der Waals surface area contributed by atoms with Crippen molar-refractivity contribution in [3.05, 3.63) is 140 Å². The number of nitro benzene ring substituents is 2. The zero-order chi connectivity index (χ0) is 31.4. The number of nitrogens with zero attached hydrogens (tertiary/aromatic N) is 2. The minimum Gasteiger partial charge on any atom is -0.489 e. The van der Waals surface area contributed by atoms with E-state index >= 15 is 0 Å². The van der Waals surface area contributed by atoms with Crippen LogP contribution in [0.15, 0.2) is 97.1 Å². The maximum atomic E-state index is 14.5. The summed E-state index contributed by atoms with van der Waals surface area (Å²) in [6.07, 6.45) is -11.6. The SMILES string of the molecule is O=[N+]([O-])c1cccc(COc2ccc(C(c3ccc(OCc4cccc([N+](=O)[O-])c4)cc3)(C(F)(F)F)C(F)(F)F)cc2)c1. The molecular weight excluding hydrogens is 586 g/mol. The molecule has 14 heteroatoms. The number of hydrogen-bond donors (Lipinski definition) is 0. The highest BCUT2D eigenvalue weighted by Gasteiger charge is 2.72. The zero-order valence-corrected chi connectivity index (χ0v) is 21.8. The molecular formula is C29H20F6N2O6. The van der Waals surface area contributed by atoms with Crippen molar-refractivity contribution in [3.8, 4) is 11.5 Å². The van der Waals surface area contributed by atoms with E-state index in [0.717, 1.165) is 24.3 Å². The first-order chi connectivity index (χ1) is 20.2. The van der Waals surface area contributed by atoms with Crippen LogP contribution in [-0.2, 0) is 18.6 Å². The Balaban J connectivity index is 1.60. The summed E-state index contributed by atoms with van der Waals surface area (Å²) in [5, 5.41) is 21.9. The van der Waals surface area contributed by atoms with Crippen molar-refractivity contribution in [3.63, 3.8) is 0 Å². The van der Waals surface area contributed by atoms with Crippen molar-refractivity contribution in [1.82, 2.24) is 0 Å².